The molecule has 7 nitrogen and oxygen atoms in total. The molecular formula is C20H20N2O5. The second-order valence-electron chi connectivity index (χ2n) is 5.74. The SMILES string of the molecule is O=C1C=C(Nc2ccc(OCCOc3ccccc3)cc2)C(=O)N1CCO. The van der Waals surface area contributed by atoms with Gasteiger partial charge in [0.05, 0.1) is 13.2 Å². The molecule has 0 fully saturated rings. The van der Waals surface area contributed by atoms with Gasteiger partial charge in [-0.1, -0.05) is 18.2 Å². The van der Waals surface area contributed by atoms with Crippen LogP contribution in [-0.4, -0.2) is 48.2 Å². The number of β-amino-alcohol motifs (C(OH)–C–C–N with tert-alkyl or cyclic N) is 1. The van der Waals surface area contributed by atoms with E-state index in [1.165, 1.54) is 6.08 Å². The summed E-state index contributed by atoms with van der Waals surface area (Å²) >= 11 is 0. The van der Waals surface area contributed by atoms with E-state index >= 15 is 0 Å². The number of nitrogens with one attached hydrogen (secondary N) is 1. The molecule has 2 aromatic rings. The zero-order chi connectivity index (χ0) is 19.1. The summed E-state index contributed by atoms with van der Waals surface area (Å²) < 4.78 is 11.2. The van der Waals surface area contributed by atoms with Crippen LogP contribution in [0.5, 0.6) is 11.5 Å². The maximum Gasteiger partial charge on any atom is 0.277 e. The van der Waals surface area contributed by atoms with Gasteiger partial charge in [0, 0.05) is 11.8 Å². The number of carbonyl (C=O) groups is 2. The van der Waals surface area contributed by atoms with E-state index in [1.807, 2.05) is 30.3 Å². The molecule has 0 aromatic heterocycles. The molecule has 0 saturated heterocycles. The Morgan fingerprint density at radius 3 is 2.15 bits per heavy atom. The summed E-state index contributed by atoms with van der Waals surface area (Å²) in [6.07, 6.45) is 1.23. The number of imide groups is 1. The van der Waals surface area contributed by atoms with Crippen LogP contribution in [0.4, 0.5) is 5.69 Å². The van der Waals surface area contributed by atoms with Crippen LogP contribution in [0.1, 0.15) is 0 Å². The number of para-hydroxylation sites is 1. The van der Waals surface area contributed by atoms with Crippen molar-refractivity contribution in [2.45, 2.75) is 0 Å². The molecule has 2 aromatic carbocycles. The average molecular weight is 368 g/mol. The molecule has 7 heteroatoms. The Labute approximate surface area is 156 Å². The minimum Gasteiger partial charge on any atom is -0.490 e. The van der Waals surface area contributed by atoms with Crippen molar-refractivity contribution in [1.82, 2.24) is 4.90 Å². The molecule has 0 spiro atoms. The normalized spacial score (nSPS) is 13.5. The second kappa shape index (κ2) is 8.86. The summed E-state index contributed by atoms with van der Waals surface area (Å²) in [7, 11) is 0. The lowest BCUT2D eigenvalue weighted by Crippen LogP contribution is -2.34. The molecule has 2 N–H and O–H groups in total. The summed E-state index contributed by atoms with van der Waals surface area (Å²) in [6, 6.07) is 16.5. The van der Waals surface area contributed by atoms with Gasteiger partial charge in [-0.15, -0.1) is 0 Å². The summed E-state index contributed by atoms with van der Waals surface area (Å²) in [5, 5.41) is 11.8. The highest BCUT2D eigenvalue weighted by molar-refractivity contribution is 6.17. The van der Waals surface area contributed by atoms with E-state index in [2.05, 4.69) is 5.32 Å². The third-order valence-electron chi connectivity index (χ3n) is 3.83. The molecule has 2 amide bonds. The molecule has 140 valence electrons. The van der Waals surface area contributed by atoms with Gasteiger partial charge in [0.25, 0.3) is 11.8 Å². The Morgan fingerprint density at radius 1 is 0.889 bits per heavy atom. The van der Waals surface area contributed by atoms with Crippen molar-refractivity contribution in [2.75, 3.05) is 31.7 Å². The van der Waals surface area contributed by atoms with Crippen LogP contribution in [0.3, 0.4) is 0 Å². The van der Waals surface area contributed by atoms with E-state index in [1.54, 1.807) is 24.3 Å². The molecule has 0 radical (unpaired) electrons. The van der Waals surface area contributed by atoms with Gasteiger partial charge in [-0.2, -0.15) is 0 Å². The van der Waals surface area contributed by atoms with E-state index < -0.39 is 11.8 Å². The van der Waals surface area contributed by atoms with E-state index in [0.29, 0.717) is 24.7 Å². The van der Waals surface area contributed by atoms with E-state index in [4.69, 9.17) is 14.6 Å². The third-order valence-corrected chi connectivity index (χ3v) is 3.83. The molecule has 0 saturated carbocycles. The third kappa shape index (κ3) is 4.86. The number of hydrogen-bond acceptors (Lipinski definition) is 6. The van der Waals surface area contributed by atoms with Crippen molar-refractivity contribution in [3.05, 3.63) is 66.4 Å². The van der Waals surface area contributed by atoms with Crippen LogP contribution in [0.2, 0.25) is 0 Å². The monoisotopic (exact) mass is 368 g/mol. The van der Waals surface area contributed by atoms with Crippen molar-refractivity contribution in [2.24, 2.45) is 0 Å². The quantitative estimate of drug-likeness (QED) is 0.518. The first-order chi connectivity index (χ1) is 13.2. The lowest BCUT2D eigenvalue weighted by Gasteiger charge is -2.13. The van der Waals surface area contributed by atoms with E-state index in [0.717, 1.165) is 10.6 Å². The number of aliphatic hydroxyl groups excluding tert-OH is 1. The van der Waals surface area contributed by atoms with Gasteiger partial charge in [0.1, 0.15) is 30.4 Å². The molecule has 3 rings (SSSR count). The molecule has 27 heavy (non-hydrogen) atoms. The van der Waals surface area contributed by atoms with Gasteiger partial charge >= 0.3 is 0 Å². The first kappa shape index (κ1) is 18.5. The number of rotatable bonds is 9. The standard InChI is InChI=1S/C20H20N2O5/c23-11-10-22-19(24)14-18(20(22)25)21-15-6-8-17(9-7-15)27-13-12-26-16-4-2-1-3-5-16/h1-9,14,21,23H,10-13H2. The van der Waals surface area contributed by atoms with Crippen molar-refractivity contribution >= 4 is 17.5 Å². The number of amides is 2. The maximum absolute atomic E-state index is 12.1. The zero-order valence-electron chi connectivity index (χ0n) is 14.6. The Kier molecular flexibility index (Phi) is 6.06. The number of benzene rings is 2. The van der Waals surface area contributed by atoms with Gasteiger partial charge in [0.15, 0.2) is 0 Å². The van der Waals surface area contributed by atoms with Gasteiger partial charge in [-0.25, -0.2) is 0 Å². The number of hydrogen-bond donors (Lipinski definition) is 2. The lowest BCUT2D eigenvalue weighted by atomic mass is 10.3. The van der Waals surface area contributed by atoms with Crippen molar-refractivity contribution in [1.29, 1.82) is 0 Å². The molecular weight excluding hydrogens is 348 g/mol. The van der Waals surface area contributed by atoms with Gasteiger partial charge in [-0.05, 0) is 36.4 Å². The molecule has 0 aliphatic carbocycles. The number of anilines is 1. The smallest absolute Gasteiger partial charge is 0.277 e. The summed E-state index contributed by atoms with van der Waals surface area (Å²) in [4.78, 5) is 24.8. The Hall–Kier alpha value is -3.32. The highest BCUT2D eigenvalue weighted by Crippen LogP contribution is 2.20. The molecule has 0 unspecified atom stereocenters. The number of ether oxygens (including phenoxy) is 2. The molecule has 0 bridgehead atoms. The minimum atomic E-state index is -0.451. The van der Waals surface area contributed by atoms with Crippen LogP contribution >= 0.6 is 0 Å². The van der Waals surface area contributed by atoms with Crippen LogP contribution < -0.4 is 14.8 Å². The average Bonchev–Trinajstić information content (AvgIpc) is 2.95. The van der Waals surface area contributed by atoms with Crippen LogP contribution in [0, 0.1) is 0 Å². The molecule has 1 heterocycles. The predicted octanol–water partition coefficient (Wildman–Crippen LogP) is 1.80. The minimum absolute atomic E-state index is 0.0167. The van der Waals surface area contributed by atoms with Crippen LogP contribution in [0.15, 0.2) is 66.4 Å². The maximum atomic E-state index is 12.1. The van der Waals surface area contributed by atoms with Crippen molar-refractivity contribution < 1.29 is 24.2 Å². The second-order valence-corrected chi connectivity index (χ2v) is 5.74. The highest BCUT2D eigenvalue weighted by Gasteiger charge is 2.30. The van der Waals surface area contributed by atoms with Gasteiger partial charge in [0.2, 0.25) is 0 Å². The first-order valence-electron chi connectivity index (χ1n) is 8.53. The summed E-state index contributed by atoms with van der Waals surface area (Å²) in [6.45, 7) is 0.542. The predicted molar refractivity (Wildman–Crippen MR) is 99.4 cm³/mol. The van der Waals surface area contributed by atoms with Gasteiger partial charge in [-0.3, -0.25) is 14.5 Å². The summed E-state index contributed by atoms with van der Waals surface area (Å²) in [5.41, 5.74) is 0.833. The number of nitrogens with zero attached hydrogens (tertiary/aromatic N) is 1. The van der Waals surface area contributed by atoms with Crippen LogP contribution in [-0.2, 0) is 9.59 Å². The van der Waals surface area contributed by atoms with Crippen molar-refractivity contribution in [3.8, 4) is 11.5 Å². The van der Waals surface area contributed by atoms with Crippen LogP contribution in [0.25, 0.3) is 0 Å². The highest BCUT2D eigenvalue weighted by atomic mass is 16.5. The fourth-order valence-electron chi connectivity index (χ4n) is 2.54. The fraction of sp³-hybridized carbons (Fsp3) is 0.200. The van der Waals surface area contributed by atoms with Crippen molar-refractivity contribution in [3.63, 3.8) is 0 Å². The molecule has 1 aliphatic heterocycles. The fourth-order valence-corrected chi connectivity index (χ4v) is 2.54. The molecule has 1 aliphatic rings. The van der Waals surface area contributed by atoms with Gasteiger partial charge < -0.3 is 19.9 Å². The largest absolute Gasteiger partial charge is 0.490 e. The number of carbonyl (C=O) groups excluding carboxylic acids is 2. The first-order valence-corrected chi connectivity index (χ1v) is 8.53. The Morgan fingerprint density at radius 2 is 1.52 bits per heavy atom. The Bertz CT molecular complexity index is 818. The zero-order valence-corrected chi connectivity index (χ0v) is 14.6. The summed E-state index contributed by atoms with van der Waals surface area (Å²) in [5.74, 6) is 0.573. The number of aliphatic hydroxyl groups is 1. The topological polar surface area (TPSA) is 88.1 Å². The van der Waals surface area contributed by atoms with E-state index in [-0.39, 0.29) is 18.8 Å². The Balaban J connectivity index is 1.47. The lowest BCUT2D eigenvalue weighted by molar-refractivity contribution is -0.137. The molecule has 0 atom stereocenters. The van der Waals surface area contributed by atoms with E-state index in [9.17, 15) is 9.59 Å².